The van der Waals surface area contributed by atoms with Crippen molar-refractivity contribution in [3.05, 3.63) is 65.4 Å². The number of pyridine rings is 1. The summed E-state index contributed by atoms with van der Waals surface area (Å²) in [6.45, 7) is 5.36. The number of nitrogens with zero attached hydrogens (tertiary/aromatic N) is 2. The number of aromatic nitrogens is 2. The van der Waals surface area contributed by atoms with Gasteiger partial charge in [-0.25, -0.2) is 4.98 Å². The van der Waals surface area contributed by atoms with Crippen LogP contribution in [0.4, 0.5) is 0 Å². The van der Waals surface area contributed by atoms with Crippen LogP contribution in [0.1, 0.15) is 29.9 Å². The van der Waals surface area contributed by atoms with E-state index in [9.17, 15) is 4.79 Å². The Kier molecular flexibility index (Phi) is 5.96. The molecule has 1 aromatic carbocycles. The zero-order chi connectivity index (χ0) is 18.4. The summed E-state index contributed by atoms with van der Waals surface area (Å²) in [6, 6.07) is 11.6. The average Bonchev–Trinajstić information content (AvgIpc) is 3.16. The van der Waals surface area contributed by atoms with E-state index >= 15 is 0 Å². The molecule has 0 aliphatic carbocycles. The predicted octanol–water partition coefficient (Wildman–Crippen LogP) is 4.17. The van der Waals surface area contributed by atoms with Gasteiger partial charge in [0.2, 0.25) is 0 Å². The Morgan fingerprint density at radius 2 is 2.04 bits per heavy atom. The van der Waals surface area contributed by atoms with Gasteiger partial charge >= 0.3 is 0 Å². The van der Waals surface area contributed by atoms with Crippen molar-refractivity contribution < 1.29 is 9.53 Å². The van der Waals surface area contributed by atoms with Crippen LogP contribution >= 0.6 is 11.3 Å². The first-order valence-electron chi connectivity index (χ1n) is 8.47. The van der Waals surface area contributed by atoms with Gasteiger partial charge in [0.1, 0.15) is 16.5 Å². The maximum Gasteiger partial charge on any atom is 0.271 e. The van der Waals surface area contributed by atoms with E-state index in [0.29, 0.717) is 24.8 Å². The van der Waals surface area contributed by atoms with Crippen molar-refractivity contribution in [3.8, 4) is 16.3 Å². The zero-order valence-electron chi connectivity index (χ0n) is 14.8. The lowest BCUT2D eigenvalue weighted by Crippen LogP contribution is -2.23. The average molecular weight is 367 g/mol. The van der Waals surface area contributed by atoms with E-state index in [1.165, 1.54) is 11.3 Å². The molecular weight excluding hydrogens is 346 g/mol. The van der Waals surface area contributed by atoms with Crippen LogP contribution in [0.2, 0.25) is 0 Å². The van der Waals surface area contributed by atoms with Crippen molar-refractivity contribution in [1.29, 1.82) is 0 Å². The molecule has 1 amide bonds. The lowest BCUT2D eigenvalue weighted by Gasteiger charge is -2.08. The highest BCUT2D eigenvalue weighted by Gasteiger charge is 2.12. The molecule has 5 nitrogen and oxygen atoms in total. The monoisotopic (exact) mass is 367 g/mol. The highest BCUT2D eigenvalue weighted by atomic mass is 32.1. The fourth-order valence-corrected chi connectivity index (χ4v) is 3.05. The molecule has 1 N–H and O–H groups in total. The Morgan fingerprint density at radius 3 is 2.73 bits per heavy atom. The molecule has 2 aromatic heterocycles. The largest absolute Gasteiger partial charge is 0.493 e. The molecule has 26 heavy (non-hydrogen) atoms. The third-order valence-electron chi connectivity index (χ3n) is 3.60. The van der Waals surface area contributed by atoms with Gasteiger partial charge in [-0.15, -0.1) is 11.3 Å². The summed E-state index contributed by atoms with van der Waals surface area (Å²) in [4.78, 5) is 20.7. The number of ether oxygens (including phenoxy) is 1. The number of nitrogens with one attached hydrogen (secondary N) is 1. The number of benzene rings is 1. The molecule has 0 spiro atoms. The molecule has 6 heteroatoms. The molecule has 0 saturated heterocycles. The smallest absolute Gasteiger partial charge is 0.271 e. The summed E-state index contributed by atoms with van der Waals surface area (Å²) in [7, 11) is 0. The van der Waals surface area contributed by atoms with Gasteiger partial charge in [-0.3, -0.25) is 9.78 Å². The summed E-state index contributed by atoms with van der Waals surface area (Å²) in [6.07, 6.45) is 3.44. The fourth-order valence-electron chi connectivity index (χ4n) is 2.24. The number of hydrogen-bond donors (Lipinski definition) is 1. The maximum atomic E-state index is 12.3. The molecule has 0 unspecified atom stereocenters. The number of thiazole rings is 1. The quantitative estimate of drug-likeness (QED) is 0.681. The minimum atomic E-state index is -0.187. The van der Waals surface area contributed by atoms with Crippen LogP contribution in [0.5, 0.6) is 5.75 Å². The standard InChI is InChI=1S/C20H21N3O2S/c1-14(2)12-25-17-7-5-16(6-8-17)20-23-18(13-26-20)19(24)22-11-15-4-3-9-21-10-15/h3-10,13-14H,11-12H2,1-2H3,(H,22,24). The SMILES string of the molecule is CC(C)COc1ccc(-c2nc(C(=O)NCc3cccnc3)cs2)cc1. The lowest BCUT2D eigenvalue weighted by atomic mass is 10.2. The van der Waals surface area contributed by atoms with Gasteiger partial charge in [0.15, 0.2) is 0 Å². The van der Waals surface area contributed by atoms with Gasteiger partial charge in [-0.2, -0.15) is 0 Å². The van der Waals surface area contributed by atoms with Crippen molar-refractivity contribution in [1.82, 2.24) is 15.3 Å². The topological polar surface area (TPSA) is 64.1 Å². The van der Waals surface area contributed by atoms with Crippen molar-refractivity contribution >= 4 is 17.2 Å². The van der Waals surface area contributed by atoms with E-state index < -0.39 is 0 Å². The lowest BCUT2D eigenvalue weighted by molar-refractivity contribution is 0.0946. The van der Waals surface area contributed by atoms with Gasteiger partial charge in [0.05, 0.1) is 6.61 Å². The molecule has 0 aliphatic heterocycles. The van der Waals surface area contributed by atoms with Gasteiger partial charge < -0.3 is 10.1 Å². The van der Waals surface area contributed by atoms with Crippen LogP contribution in [0.3, 0.4) is 0 Å². The highest BCUT2D eigenvalue weighted by molar-refractivity contribution is 7.13. The Balaban J connectivity index is 1.61. The van der Waals surface area contributed by atoms with E-state index in [1.807, 2.05) is 36.4 Å². The number of hydrogen-bond acceptors (Lipinski definition) is 5. The molecule has 2 heterocycles. The minimum Gasteiger partial charge on any atom is -0.493 e. The molecule has 134 valence electrons. The Bertz CT molecular complexity index is 845. The number of carbonyl (C=O) groups excluding carboxylic acids is 1. The third-order valence-corrected chi connectivity index (χ3v) is 4.49. The second kappa shape index (κ2) is 8.58. The summed E-state index contributed by atoms with van der Waals surface area (Å²) >= 11 is 1.45. The van der Waals surface area contributed by atoms with E-state index in [2.05, 4.69) is 29.1 Å². The highest BCUT2D eigenvalue weighted by Crippen LogP contribution is 2.26. The zero-order valence-corrected chi connectivity index (χ0v) is 15.6. The van der Waals surface area contributed by atoms with Crippen LogP contribution in [0.25, 0.3) is 10.6 Å². The van der Waals surface area contributed by atoms with Gasteiger partial charge in [-0.05, 0) is 41.8 Å². The van der Waals surface area contributed by atoms with Crippen LogP contribution in [0, 0.1) is 5.92 Å². The van der Waals surface area contributed by atoms with Crippen molar-refractivity contribution in [2.75, 3.05) is 6.61 Å². The minimum absolute atomic E-state index is 0.187. The first-order valence-corrected chi connectivity index (χ1v) is 9.35. The number of rotatable bonds is 7. The first-order chi connectivity index (χ1) is 12.6. The fraction of sp³-hybridized carbons (Fsp3) is 0.250. The molecule has 3 rings (SSSR count). The molecular formula is C20H21N3O2S. The van der Waals surface area contributed by atoms with Crippen molar-refractivity contribution in [2.45, 2.75) is 20.4 Å². The summed E-state index contributed by atoms with van der Waals surface area (Å²) < 4.78 is 5.69. The molecule has 0 atom stereocenters. The Hall–Kier alpha value is -2.73. The van der Waals surface area contributed by atoms with Gasteiger partial charge in [0, 0.05) is 29.9 Å². The van der Waals surface area contributed by atoms with E-state index in [-0.39, 0.29) is 5.91 Å². The molecule has 0 radical (unpaired) electrons. The van der Waals surface area contributed by atoms with Crippen molar-refractivity contribution in [2.24, 2.45) is 5.92 Å². The van der Waals surface area contributed by atoms with E-state index in [1.54, 1.807) is 17.8 Å². The Morgan fingerprint density at radius 1 is 1.23 bits per heavy atom. The number of carbonyl (C=O) groups is 1. The summed E-state index contributed by atoms with van der Waals surface area (Å²) in [5.41, 5.74) is 2.35. The van der Waals surface area contributed by atoms with Crippen LogP contribution in [-0.2, 0) is 6.54 Å². The maximum absolute atomic E-state index is 12.3. The Labute approximate surface area is 157 Å². The van der Waals surface area contributed by atoms with Crippen LogP contribution in [0.15, 0.2) is 54.2 Å². The van der Waals surface area contributed by atoms with E-state index in [4.69, 9.17) is 4.74 Å². The molecule has 0 fully saturated rings. The van der Waals surface area contributed by atoms with Gasteiger partial charge in [-0.1, -0.05) is 19.9 Å². The molecule has 3 aromatic rings. The van der Waals surface area contributed by atoms with Crippen LogP contribution < -0.4 is 10.1 Å². The van der Waals surface area contributed by atoms with Crippen molar-refractivity contribution in [3.63, 3.8) is 0 Å². The second-order valence-electron chi connectivity index (χ2n) is 6.31. The second-order valence-corrected chi connectivity index (χ2v) is 7.17. The molecule has 0 bridgehead atoms. The van der Waals surface area contributed by atoms with Gasteiger partial charge in [0.25, 0.3) is 5.91 Å². The summed E-state index contributed by atoms with van der Waals surface area (Å²) in [5.74, 6) is 1.14. The number of amides is 1. The van der Waals surface area contributed by atoms with E-state index in [0.717, 1.165) is 21.9 Å². The first kappa shape index (κ1) is 18.1. The molecule has 0 saturated carbocycles. The predicted molar refractivity (Wildman–Crippen MR) is 103 cm³/mol. The van der Waals surface area contributed by atoms with Crippen LogP contribution in [-0.4, -0.2) is 22.5 Å². The molecule has 0 aliphatic rings. The normalized spacial score (nSPS) is 10.7. The third kappa shape index (κ3) is 4.89. The summed E-state index contributed by atoms with van der Waals surface area (Å²) in [5, 5.41) is 5.45.